The highest BCUT2D eigenvalue weighted by Gasteiger charge is 2.70. The summed E-state index contributed by atoms with van der Waals surface area (Å²) in [5.41, 5.74) is 3.60. The summed E-state index contributed by atoms with van der Waals surface area (Å²) in [5, 5.41) is 13.6. The standard InChI is InChI=1S/C17H20N2O2/c20-15-4-2-1-3-11(15)10-18-19-16(21)14-9-17(14,12-5-6-12)13-7-8-13/h1-4,10,12-14,20H,5-9H2,(H,19,21)/t14-/m0/s1. The third-order valence-corrected chi connectivity index (χ3v) is 5.35. The van der Waals surface area contributed by atoms with Gasteiger partial charge in [0, 0.05) is 11.5 Å². The molecular formula is C17H20N2O2. The molecule has 3 aliphatic rings. The number of hydrogen-bond donors (Lipinski definition) is 2. The van der Waals surface area contributed by atoms with E-state index in [4.69, 9.17) is 0 Å². The Bertz CT molecular complexity index is 591. The number of hydrogen-bond acceptors (Lipinski definition) is 3. The molecule has 0 radical (unpaired) electrons. The zero-order valence-corrected chi connectivity index (χ0v) is 12.0. The first kappa shape index (κ1) is 12.9. The van der Waals surface area contributed by atoms with Crippen LogP contribution in [0.2, 0.25) is 0 Å². The van der Waals surface area contributed by atoms with Gasteiger partial charge in [0.15, 0.2) is 0 Å². The third kappa shape index (κ3) is 2.23. The molecule has 1 amide bonds. The Morgan fingerprint density at radius 2 is 1.90 bits per heavy atom. The fourth-order valence-electron chi connectivity index (χ4n) is 3.95. The number of aromatic hydroxyl groups is 1. The molecule has 0 aliphatic heterocycles. The van der Waals surface area contributed by atoms with Crippen LogP contribution in [0.25, 0.3) is 0 Å². The van der Waals surface area contributed by atoms with E-state index in [0.29, 0.717) is 11.0 Å². The number of nitrogens with one attached hydrogen (secondary N) is 1. The number of hydrazone groups is 1. The average Bonchev–Trinajstić information content (AvgIpc) is 3.34. The number of phenolic OH excluding ortho intramolecular Hbond substituents is 1. The van der Waals surface area contributed by atoms with E-state index in [2.05, 4.69) is 10.5 Å². The van der Waals surface area contributed by atoms with Crippen LogP contribution in [0, 0.1) is 23.2 Å². The van der Waals surface area contributed by atoms with Gasteiger partial charge in [0.25, 0.3) is 0 Å². The molecule has 110 valence electrons. The summed E-state index contributed by atoms with van der Waals surface area (Å²) in [4.78, 5) is 12.3. The lowest BCUT2D eigenvalue weighted by molar-refractivity contribution is -0.123. The Balaban J connectivity index is 1.38. The van der Waals surface area contributed by atoms with Gasteiger partial charge in [0.2, 0.25) is 5.91 Å². The van der Waals surface area contributed by atoms with E-state index in [0.717, 1.165) is 18.3 Å². The van der Waals surface area contributed by atoms with E-state index in [9.17, 15) is 9.90 Å². The third-order valence-electron chi connectivity index (χ3n) is 5.35. The molecule has 4 rings (SSSR count). The highest BCUT2D eigenvalue weighted by molar-refractivity contribution is 5.87. The van der Waals surface area contributed by atoms with Crippen molar-refractivity contribution in [3.63, 3.8) is 0 Å². The number of nitrogens with zero attached hydrogens (tertiary/aromatic N) is 1. The number of carbonyl (C=O) groups is 1. The number of benzene rings is 1. The van der Waals surface area contributed by atoms with Crippen molar-refractivity contribution in [3.05, 3.63) is 29.8 Å². The van der Waals surface area contributed by atoms with Crippen molar-refractivity contribution in [2.24, 2.45) is 28.3 Å². The maximum atomic E-state index is 12.3. The molecule has 4 heteroatoms. The molecule has 0 bridgehead atoms. The van der Waals surface area contributed by atoms with Crippen molar-refractivity contribution < 1.29 is 9.90 Å². The van der Waals surface area contributed by atoms with Gasteiger partial charge in [-0.2, -0.15) is 5.10 Å². The Morgan fingerprint density at radius 1 is 1.24 bits per heavy atom. The van der Waals surface area contributed by atoms with Gasteiger partial charge in [-0.1, -0.05) is 12.1 Å². The summed E-state index contributed by atoms with van der Waals surface area (Å²) in [7, 11) is 0. The molecule has 0 heterocycles. The van der Waals surface area contributed by atoms with E-state index in [1.54, 1.807) is 18.2 Å². The molecule has 0 spiro atoms. The topological polar surface area (TPSA) is 61.7 Å². The minimum absolute atomic E-state index is 0.0560. The summed E-state index contributed by atoms with van der Waals surface area (Å²) in [6, 6.07) is 6.96. The molecule has 1 aromatic carbocycles. The zero-order valence-electron chi connectivity index (χ0n) is 12.0. The van der Waals surface area contributed by atoms with Gasteiger partial charge in [0.05, 0.1) is 6.21 Å². The maximum Gasteiger partial charge on any atom is 0.243 e. The molecule has 0 aromatic heterocycles. The predicted octanol–water partition coefficient (Wildman–Crippen LogP) is 2.67. The molecule has 4 nitrogen and oxygen atoms in total. The van der Waals surface area contributed by atoms with Gasteiger partial charge in [0.1, 0.15) is 5.75 Å². The van der Waals surface area contributed by atoms with Crippen LogP contribution in [0.15, 0.2) is 29.4 Å². The lowest BCUT2D eigenvalue weighted by atomic mass is 9.91. The molecule has 0 unspecified atom stereocenters. The number of carbonyl (C=O) groups excluding carboxylic acids is 1. The quantitative estimate of drug-likeness (QED) is 0.645. The van der Waals surface area contributed by atoms with Crippen molar-refractivity contribution in [3.8, 4) is 5.75 Å². The Hall–Kier alpha value is -1.84. The Labute approximate surface area is 124 Å². The largest absolute Gasteiger partial charge is 0.507 e. The summed E-state index contributed by atoms with van der Waals surface area (Å²) in [6.07, 6.45) is 7.79. The molecule has 2 N–H and O–H groups in total. The van der Waals surface area contributed by atoms with Crippen LogP contribution in [-0.2, 0) is 4.79 Å². The first-order valence-corrected chi connectivity index (χ1v) is 7.83. The second-order valence-electron chi connectivity index (χ2n) is 6.71. The molecular weight excluding hydrogens is 264 g/mol. The number of rotatable bonds is 5. The highest BCUT2D eigenvalue weighted by atomic mass is 16.3. The summed E-state index contributed by atoms with van der Waals surface area (Å²) in [6.45, 7) is 0. The lowest BCUT2D eigenvalue weighted by Gasteiger charge is -2.14. The van der Waals surface area contributed by atoms with Gasteiger partial charge in [-0.25, -0.2) is 5.43 Å². The van der Waals surface area contributed by atoms with Gasteiger partial charge in [-0.3, -0.25) is 4.79 Å². The van der Waals surface area contributed by atoms with Crippen LogP contribution in [-0.4, -0.2) is 17.2 Å². The summed E-state index contributed by atoms with van der Waals surface area (Å²) in [5.74, 6) is 1.98. The van der Waals surface area contributed by atoms with Crippen molar-refractivity contribution in [1.82, 2.24) is 5.43 Å². The normalized spacial score (nSPS) is 26.8. The van der Waals surface area contributed by atoms with E-state index in [1.165, 1.54) is 31.9 Å². The number of para-hydroxylation sites is 1. The molecule has 1 aromatic rings. The first-order valence-electron chi connectivity index (χ1n) is 7.83. The van der Waals surface area contributed by atoms with E-state index in [-0.39, 0.29) is 17.6 Å². The van der Waals surface area contributed by atoms with Crippen LogP contribution in [0.5, 0.6) is 5.75 Å². The van der Waals surface area contributed by atoms with Crippen molar-refractivity contribution in [2.45, 2.75) is 32.1 Å². The molecule has 21 heavy (non-hydrogen) atoms. The molecule has 3 aliphatic carbocycles. The lowest BCUT2D eigenvalue weighted by Crippen LogP contribution is -2.25. The minimum Gasteiger partial charge on any atom is -0.507 e. The van der Waals surface area contributed by atoms with Gasteiger partial charge >= 0.3 is 0 Å². The smallest absolute Gasteiger partial charge is 0.243 e. The number of amides is 1. The van der Waals surface area contributed by atoms with Crippen molar-refractivity contribution in [1.29, 1.82) is 0 Å². The number of phenols is 1. The van der Waals surface area contributed by atoms with Crippen molar-refractivity contribution in [2.75, 3.05) is 0 Å². The molecule has 1 atom stereocenters. The van der Waals surface area contributed by atoms with E-state index in [1.807, 2.05) is 6.07 Å². The van der Waals surface area contributed by atoms with Crippen LogP contribution in [0.4, 0.5) is 0 Å². The fraction of sp³-hybridized carbons (Fsp3) is 0.529. The average molecular weight is 284 g/mol. The van der Waals surface area contributed by atoms with Gasteiger partial charge in [-0.05, 0) is 61.5 Å². The first-order chi connectivity index (χ1) is 10.2. The summed E-state index contributed by atoms with van der Waals surface area (Å²) >= 11 is 0. The van der Waals surface area contributed by atoms with Crippen LogP contribution in [0.1, 0.15) is 37.7 Å². The second kappa shape index (κ2) is 4.58. The zero-order chi connectivity index (χ0) is 14.4. The minimum atomic E-state index is 0.0560. The maximum absolute atomic E-state index is 12.3. The van der Waals surface area contributed by atoms with Crippen LogP contribution < -0.4 is 5.43 Å². The molecule has 3 fully saturated rings. The molecule has 0 saturated heterocycles. The Kier molecular flexibility index (Phi) is 2.81. The van der Waals surface area contributed by atoms with Crippen molar-refractivity contribution >= 4 is 12.1 Å². The Morgan fingerprint density at radius 3 is 2.52 bits per heavy atom. The van der Waals surface area contributed by atoms with Crippen LogP contribution in [0.3, 0.4) is 0 Å². The monoisotopic (exact) mass is 284 g/mol. The van der Waals surface area contributed by atoms with Gasteiger partial charge in [-0.15, -0.1) is 0 Å². The molecule has 3 saturated carbocycles. The fourth-order valence-corrected chi connectivity index (χ4v) is 3.95. The van der Waals surface area contributed by atoms with E-state index < -0.39 is 0 Å². The second-order valence-corrected chi connectivity index (χ2v) is 6.71. The SMILES string of the molecule is O=C(NN=Cc1ccccc1O)[C@@H]1CC1(C1CC1)C1CC1. The van der Waals surface area contributed by atoms with Gasteiger partial charge < -0.3 is 5.11 Å². The summed E-state index contributed by atoms with van der Waals surface area (Å²) < 4.78 is 0. The predicted molar refractivity (Wildman–Crippen MR) is 79.8 cm³/mol. The highest BCUT2D eigenvalue weighted by Crippen LogP contribution is 2.74. The van der Waals surface area contributed by atoms with E-state index >= 15 is 0 Å². The van der Waals surface area contributed by atoms with Crippen LogP contribution >= 0.6 is 0 Å².